The number of nitrogens with zero attached hydrogens (tertiary/aromatic N) is 2. The standard InChI is InChI=1S/C15H16N2O4/c1-4-21-15(20)8-14(19)11-5-6-13-12(7-11)9(2)16-17(13)10(3)18/h5-7H,4,8H2,1-3H3. The van der Waals surface area contributed by atoms with Gasteiger partial charge in [0.2, 0.25) is 5.91 Å². The van der Waals surface area contributed by atoms with Crippen LogP contribution in [0.3, 0.4) is 0 Å². The molecule has 2 aromatic rings. The largest absolute Gasteiger partial charge is 0.466 e. The Morgan fingerprint density at radius 2 is 2.00 bits per heavy atom. The highest BCUT2D eigenvalue weighted by molar-refractivity contribution is 6.08. The molecule has 0 atom stereocenters. The summed E-state index contributed by atoms with van der Waals surface area (Å²) >= 11 is 0. The van der Waals surface area contributed by atoms with Crippen molar-refractivity contribution in [3.8, 4) is 0 Å². The number of aryl methyl sites for hydroxylation is 1. The molecule has 0 spiro atoms. The average molecular weight is 288 g/mol. The molecule has 0 fully saturated rings. The van der Waals surface area contributed by atoms with Gasteiger partial charge in [-0.05, 0) is 32.0 Å². The van der Waals surface area contributed by atoms with Gasteiger partial charge in [0.15, 0.2) is 5.78 Å². The lowest BCUT2D eigenvalue weighted by Crippen LogP contribution is -2.11. The smallest absolute Gasteiger partial charge is 0.313 e. The van der Waals surface area contributed by atoms with Crippen molar-refractivity contribution in [1.82, 2.24) is 9.78 Å². The van der Waals surface area contributed by atoms with Crippen LogP contribution in [0.2, 0.25) is 0 Å². The van der Waals surface area contributed by atoms with Crippen molar-refractivity contribution in [2.75, 3.05) is 6.61 Å². The van der Waals surface area contributed by atoms with Gasteiger partial charge in [-0.3, -0.25) is 14.4 Å². The summed E-state index contributed by atoms with van der Waals surface area (Å²) in [6.45, 7) is 5.12. The van der Waals surface area contributed by atoms with Gasteiger partial charge in [0.05, 0.1) is 17.8 Å². The van der Waals surface area contributed by atoms with Crippen molar-refractivity contribution < 1.29 is 19.1 Å². The van der Waals surface area contributed by atoms with Crippen LogP contribution >= 0.6 is 0 Å². The highest BCUT2D eigenvalue weighted by Crippen LogP contribution is 2.20. The van der Waals surface area contributed by atoms with Crippen LogP contribution in [0.15, 0.2) is 18.2 Å². The van der Waals surface area contributed by atoms with E-state index < -0.39 is 5.97 Å². The molecule has 21 heavy (non-hydrogen) atoms. The van der Waals surface area contributed by atoms with Gasteiger partial charge in [-0.1, -0.05) is 0 Å². The topological polar surface area (TPSA) is 78.3 Å². The van der Waals surface area contributed by atoms with E-state index in [0.29, 0.717) is 16.8 Å². The summed E-state index contributed by atoms with van der Waals surface area (Å²) in [7, 11) is 0. The maximum atomic E-state index is 12.0. The number of aromatic nitrogens is 2. The molecule has 0 saturated carbocycles. The zero-order valence-electron chi connectivity index (χ0n) is 12.2. The third kappa shape index (κ3) is 2.99. The quantitative estimate of drug-likeness (QED) is 0.489. The fourth-order valence-electron chi connectivity index (χ4n) is 2.13. The summed E-state index contributed by atoms with van der Waals surface area (Å²) in [6.07, 6.45) is -0.292. The molecular formula is C15H16N2O4. The van der Waals surface area contributed by atoms with Crippen molar-refractivity contribution in [2.24, 2.45) is 0 Å². The molecule has 0 saturated heterocycles. The lowest BCUT2D eigenvalue weighted by Gasteiger charge is -2.03. The van der Waals surface area contributed by atoms with Crippen LogP contribution in [-0.4, -0.2) is 34.0 Å². The Morgan fingerprint density at radius 1 is 1.29 bits per heavy atom. The first-order valence-electron chi connectivity index (χ1n) is 6.63. The third-order valence-corrected chi connectivity index (χ3v) is 3.09. The van der Waals surface area contributed by atoms with E-state index in [1.807, 2.05) is 0 Å². The third-order valence-electron chi connectivity index (χ3n) is 3.09. The number of carbonyl (C=O) groups excluding carboxylic acids is 3. The Kier molecular flexibility index (Phi) is 4.16. The van der Waals surface area contributed by atoms with E-state index in [-0.39, 0.29) is 24.7 Å². The van der Waals surface area contributed by atoms with Crippen molar-refractivity contribution >= 4 is 28.6 Å². The highest BCUT2D eigenvalue weighted by atomic mass is 16.5. The van der Waals surface area contributed by atoms with Crippen LogP contribution in [0, 0.1) is 6.92 Å². The van der Waals surface area contributed by atoms with E-state index in [1.165, 1.54) is 11.6 Å². The predicted octanol–water partition coefficient (Wildman–Crippen LogP) is 2.14. The summed E-state index contributed by atoms with van der Waals surface area (Å²) in [4.78, 5) is 34.9. The van der Waals surface area contributed by atoms with Gasteiger partial charge in [-0.2, -0.15) is 5.10 Å². The van der Waals surface area contributed by atoms with Crippen molar-refractivity contribution in [3.63, 3.8) is 0 Å². The minimum atomic E-state index is -0.543. The number of benzene rings is 1. The Hall–Kier alpha value is -2.50. The summed E-state index contributed by atoms with van der Waals surface area (Å²) in [5.41, 5.74) is 1.71. The first kappa shape index (κ1) is 14.9. The fourth-order valence-corrected chi connectivity index (χ4v) is 2.13. The van der Waals surface area contributed by atoms with Gasteiger partial charge in [0, 0.05) is 17.9 Å². The van der Waals surface area contributed by atoms with Crippen LogP contribution in [-0.2, 0) is 9.53 Å². The summed E-state index contributed by atoms with van der Waals surface area (Å²) in [6, 6.07) is 4.90. The van der Waals surface area contributed by atoms with Crippen LogP contribution in [0.5, 0.6) is 0 Å². The average Bonchev–Trinajstić information content (AvgIpc) is 2.76. The zero-order valence-corrected chi connectivity index (χ0v) is 12.2. The first-order chi connectivity index (χ1) is 9.93. The summed E-state index contributed by atoms with van der Waals surface area (Å²) in [5, 5.41) is 4.87. The Labute approximate surface area is 121 Å². The molecule has 0 unspecified atom stereocenters. The van der Waals surface area contributed by atoms with Gasteiger partial charge in [-0.15, -0.1) is 0 Å². The lowest BCUT2D eigenvalue weighted by molar-refractivity contribution is -0.141. The molecule has 0 aliphatic rings. The molecule has 0 aliphatic heterocycles. The van der Waals surface area contributed by atoms with Crippen LogP contribution in [0.4, 0.5) is 0 Å². The van der Waals surface area contributed by atoms with Gasteiger partial charge in [0.1, 0.15) is 6.42 Å². The molecule has 0 amide bonds. The highest BCUT2D eigenvalue weighted by Gasteiger charge is 2.16. The molecule has 1 aromatic heterocycles. The van der Waals surface area contributed by atoms with Crippen molar-refractivity contribution in [3.05, 3.63) is 29.5 Å². The minimum absolute atomic E-state index is 0.196. The molecule has 1 heterocycles. The Balaban J connectivity index is 2.35. The van der Waals surface area contributed by atoms with E-state index in [0.717, 1.165) is 5.39 Å². The lowest BCUT2D eigenvalue weighted by atomic mass is 10.1. The van der Waals surface area contributed by atoms with E-state index in [9.17, 15) is 14.4 Å². The predicted molar refractivity (Wildman–Crippen MR) is 76.4 cm³/mol. The molecule has 0 N–H and O–H groups in total. The van der Waals surface area contributed by atoms with Crippen LogP contribution in [0.1, 0.15) is 41.1 Å². The number of hydrogen-bond acceptors (Lipinski definition) is 5. The number of fused-ring (bicyclic) bond motifs is 1. The van der Waals surface area contributed by atoms with E-state index >= 15 is 0 Å². The minimum Gasteiger partial charge on any atom is -0.466 e. The number of carbonyl (C=O) groups is 3. The second-order valence-corrected chi connectivity index (χ2v) is 4.65. The molecule has 0 radical (unpaired) electrons. The van der Waals surface area contributed by atoms with Gasteiger partial charge in [-0.25, -0.2) is 4.68 Å². The molecule has 6 nitrogen and oxygen atoms in total. The van der Waals surface area contributed by atoms with E-state index in [2.05, 4.69) is 5.10 Å². The second kappa shape index (κ2) is 5.87. The second-order valence-electron chi connectivity index (χ2n) is 4.65. The first-order valence-corrected chi connectivity index (χ1v) is 6.63. The Bertz CT molecular complexity index is 731. The van der Waals surface area contributed by atoms with Crippen LogP contribution in [0.25, 0.3) is 10.9 Å². The summed E-state index contributed by atoms with van der Waals surface area (Å²) < 4.78 is 6.06. The monoisotopic (exact) mass is 288 g/mol. The van der Waals surface area contributed by atoms with E-state index in [1.54, 1.807) is 32.0 Å². The molecule has 0 aliphatic carbocycles. The van der Waals surface area contributed by atoms with Crippen LogP contribution < -0.4 is 0 Å². The number of ether oxygens (including phenoxy) is 1. The fraction of sp³-hybridized carbons (Fsp3) is 0.333. The molecule has 110 valence electrons. The SMILES string of the molecule is CCOC(=O)CC(=O)c1ccc2c(c1)c(C)nn2C(C)=O. The maximum absolute atomic E-state index is 12.0. The molecule has 1 aromatic carbocycles. The van der Waals surface area contributed by atoms with Gasteiger partial charge >= 0.3 is 5.97 Å². The molecule has 2 rings (SSSR count). The molecule has 6 heteroatoms. The molecule has 0 bridgehead atoms. The van der Waals surface area contributed by atoms with E-state index in [4.69, 9.17) is 4.74 Å². The normalized spacial score (nSPS) is 10.6. The van der Waals surface area contributed by atoms with Crippen molar-refractivity contribution in [2.45, 2.75) is 27.2 Å². The maximum Gasteiger partial charge on any atom is 0.313 e. The van der Waals surface area contributed by atoms with Gasteiger partial charge < -0.3 is 4.74 Å². The molecular weight excluding hydrogens is 272 g/mol. The number of rotatable bonds is 4. The van der Waals surface area contributed by atoms with Crippen molar-refractivity contribution in [1.29, 1.82) is 0 Å². The number of esters is 1. The number of ketones is 1. The number of Topliss-reactive ketones (excluding diaryl/α,β-unsaturated/α-hetero) is 1. The van der Waals surface area contributed by atoms with Gasteiger partial charge in [0.25, 0.3) is 0 Å². The zero-order chi connectivity index (χ0) is 15.6. The number of hydrogen-bond donors (Lipinski definition) is 0. The summed E-state index contributed by atoms with van der Waals surface area (Å²) in [5.74, 6) is -1.05. The Morgan fingerprint density at radius 3 is 2.62 bits per heavy atom.